The van der Waals surface area contributed by atoms with Crippen LogP contribution in [0.2, 0.25) is 0 Å². The molecule has 0 unspecified atom stereocenters. The van der Waals surface area contributed by atoms with Gasteiger partial charge in [-0.25, -0.2) is 0 Å². The number of anilines is 2. The van der Waals surface area contributed by atoms with Gasteiger partial charge in [-0.05, 0) is 91.6 Å². The minimum atomic E-state index is 0.711. The Balaban J connectivity index is 1.32. The lowest BCUT2D eigenvalue weighted by atomic mass is 9.77. The summed E-state index contributed by atoms with van der Waals surface area (Å²) in [6.07, 6.45) is 13.9. The Hall–Kier alpha value is -2.94. The molecule has 3 aromatic carbocycles. The van der Waals surface area contributed by atoms with Crippen LogP contribution >= 0.6 is 0 Å². The molecule has 1 aliphatic carbocycles. The summed E-state index contributed by atoms with van der Waals surface area (Å²) in [5, 5.41) is 2.30. The van der Waals surface area contributed by atoms with E-state index < -0.39 is 0 Å². The summed E-state index contributed by atoms with van der Waals surface area (Å²) in [6, 6.07) is 21.6. The van der Waals surface area contributed by atoms with E-state index in [4.69, 9.17) is 11.5 Å². The van der Waals surface area contributed by atoms with Gasteiger partial charge in [0.25, 0.3) is 0 Å². The van der Waals surface area contributed by atoms with Crippen LogP contribution in [0.1, 0.15) is 82.6 Å². The first-order chi connectivity index (χ1) is 16.6. The third kappa shape index (κ3) is 4.66. The number of nitrogens with two attached hydrogens (primary N) is 2. The first-order valence-corrected chi connectivity index (χ1v) is 13.3. The number of aromatic nitrogens is 1. The van der Waals surface area contributed by atoms with E-state index in [9.17, 15) is 0 Å². The van der Waals surface area contributed by atoms with Crippen molar-refractivity contribution in [1.82, 2.24) is 4.57 Å². The van der Waals surface area contributed by atoms with Crippen LogP contribution < -0.4 is 11.5 Å². The molecule has 0 spiro atoms. The number of rotatable bonds is 8. The second-order valence-corrected chi connectivity index (χ2v) is 10.4. The van der Waals surface area contributed by atoms with Crippen LogP contribution in [0.4, 0.5) is 11.4 Å². The fourth-order valence-electron chi connectivity index (χ4n) is 6.05. The van der Waals surface area contributed by atoms with Gasteiger partial charge in [0.2, 0.25) is 0 Å². The lowest BCUT2D eigenvalue weighted by Crippen LogP contribution is -2.13. The van der Waals surface area contributed by atoms with Crippen molar-refractivity contribution in [1.29, 1.82) is 0 Å². The number of hydrogen-bond donors (Lipinski definition) is 2. The maximum Gasteiger partial charge on any atom is 0.0542 e. The van der Waals surface area contributed by atoms with Crippen molar-refractivity contribution >= 4 is 33.2 Å². The molecular weight excluding hydrogens is 414 g/mol. The minimum Gasteiger partial charge on any atom is -0.399 e. The Labute approximate surface area is 204 Å². The zero-order chi connectivity index (χ0) is 23.5. The molecule has 1 heterocycles. The summed E-state index contributed by atoms with van der Waals surface area (Å²) in [5.41, 5.74) is 18.8. The van der Waals surface area contributed by atoms with Gasteiger partial charge in [-0.1, -0.05) is 57.6 Å². The molecule has 0 amide bonds. The van der Waals surface area contributed by atoms with Gasteiger partial charge in [0.15, 0.2) is 0 Å². The predicted molar refractivity (Wildman–Crippen MR) is 148 cm³/mol. The Bertz CT molecular complexity index is 1180. The van der Waals surface area contributed by atoms with Crippen molar-refractivity contribution in [3.05, 3.63) is 66.2 Å². The van der Waals surface area contributed by atoms with Crippen molar-refractivity contribution in [3.8, 4) is 5.69 Å². The molecule has 1 aliphatic rings. The van der Waals surface area contributed by atoms with Gasteiger partial charge < -0.3 is 16.0 Å². The number of hydrogen-bond acceptors (Lipinski definition) is 2. The molecule has 1 saturated carbocycles. The van der Waals surface area contributed by atoms with E-state index >= 15 is 0 Å². The molecule has 1 fully saturated rings. The monoisotopic (exact) mass is 453 g/mol. The second kappa shape index (κ2) is 10.1. The molecule has 0 atom stereocenters. The van der Waals surface area contributed by atoms with Crippen molar-refractivity contribution in [2.75, 3.05) is 11.5 Å². The Morgan fingerprint density at radius 1 is 0.706 bits per heavy atom. The highest BCUT2D eigenvalue weighted by atomic mass is 15.0. The molecule has 0 bridgehead atoms. The number of unbranched alkanes of at least 4 members (excludes halogenated alkanes) is 4. The van der Waals surface area contributed by atoms with Crippen LogP contribution in [0.15, 0.2) is 60.7 Å². The lowest BCUT2D eigenvalue weighted by Gasteiger charge is -2.29. The first-order valence-electron chi connectivity index (χ1n) is 13.3. The number of nitrogen functional groups attached to an aromatic ring is 2. The van der Waals surface area contributed by atoms with Gasteiger partial charge in [0, 0.05) is 27.8 Å². The third-order valence-corrected chi connectivity index (χ3v) is 8.00. The van der Waals surface area contributed by atoms with E-state index in [2.05, 4.69) is 60.0 Å². The van der Waals surface area contributed by atoms with Gasteiger partial charge >= 0.3 is 0 Å². The van der Waals surface area contributed by atoms with E-state index in [0.717, 1.165) is 28.1 Å². The standard InChI is InChI=1S/C31H39N3/c1-2-3-4-5-6-7-22-8-10-23(11-9-22)24-12-16-27(17-13-24)34-30-18-14-25(32)20-28(30)29-21-26(33)15-19-31(29)34/h12-23H,2-11,32-33H2,1H3. The predicted octanol–water partition coefficient (Wildman–Crippen LogP) is 8.58. The van der Waals surface area contributed by atoms with Crippen molar-refractivity contribution < 1.29 is 0 Å². The smallest absolute Gasteiger partial charge is 0.0542 e. The largest absolute Gasteiger partial charge is 0.399 e. The molecule has 178 valence electrons. The molecule has 3 nitrogen and oxygen atoms in total. The number of benzene rings is 3. The summed E-state index contributed by atoms with van der Waals surface area (Å²) in [7, 11) is 0. The summed E-state index contributed by atoms with van der Waals surface area (Å²) in [5.74, 6) is 1.66. The second-order valence-electron chi connectivity index (χ2n) is 10.4. The van der Waals surface area contributed by atoms with Crippen molar-refractivity contribution in [2.24, 2.45) is 5.92 Å². The molecule has 3 heteroatoms. The molecule has 0 aliphatic heterocycles. The van der Waals surface area contributed by atoms with E-state index in [0.29, 0.717) is 5.92 Å². The van der Waals surface area contributed by atoms with Crippen LogP contribution in [0, 0.1) is 5.92 Å². The average Bonchev–Trinajstić information content (AvgIpc) is 3.17. The molecule has 4 aromatic rings. The van der Waals surface area contributed by atoms with Crippen molar-refractivity contribution in [2.45, 2.75) is 77.0 Å². The molecule has 0 saturated heterocycles. The summed E-state index contributed by atoms with van der Waals surface area (Å²) in [6.45, 7) is 2.29. The quantitative estimate of drug-likeness (QED) is 0.207. The van der Waals surface area contributed by atoms with Gasteiger partial charge in [-0.2, -0.15) is 0 Å². The van der Waals surface area contributed by atoms with Crippen LogP contribution in [-0.4, -0.2) is 4.57 Å². The molecule has 4 N–H and O–H groups in total. The topological polar surface area (TPSA) is 57.0 Å². The lowest BCUT2D eigenvalue weighted by molar-refractivity contribution is 0.302. The Morgan fingerprint density at radius 3 is 1.88 bits per heavy atom. The Morgan fingerprint density at radius 2 is 1.29 bits per heavy atom. The Kier molecular flexibility index (Phi) is 6.80. The first kappa shape index (κ1) is 22.8. The van der Waals surface area contributed by atoms with Crippen LogP contribution in [0.25, 0.3) is 27.5 Å². The summed E-state index contributed by atoms with van der Waals surface area (Å²) >= 11 is 0. The fourth-order valence-corrected chi connectivity index (χ4v) is 6.05. The zero-order valence-electron chi connectivity index (χ0n) is 20.6. The molecule has 0 radical (unpaired) electrons. The number of fused-ring (bicyclic) bond motifs is 3. The maximum absolute atomic E-state index is 6.12. The van der Waals surface area contributed by atoms with E-state index in [1.165, 1.54) is 86.5 Å². The highest BCUT2D eigenvalue weighted by Gasteiger charge is 2.22. The highest BCUT2D eigenvalue weighted by molar-refractivity contribution is 6.11. The van der Waals surface area contributed by atoms with E-state index in [1.54, 1.807) is 0 Å². The van der Waals surface area contributed by atoms with E-state index in [-0.39, 0.29) is 0 Å². The summed E-state index contributed by atoms with van der Waals surface area (Å²) < 4.78 is 2.34. The highest BCUT2D eigenvalue weighted by Crippen LogP contribution is 2.39. The van der Waals surface area contributed by atoms with Crippen LogP contribution in [-0.2, 0) is 0 Å². The molecule has 5 rings (SSSR count). The zero-order valence-corrected chi connectivity index (χ0v) is 20.6. The van der Waals surface area contributed by atoms with E-state index in [1.807, 2.05) is 12.1 Å². The van der Waals surface area contributed by atoms with Crippen LogP contribution in [0.5, 0.6) is 0 Å². The SMILES string of the molecule is CCCCCCCC1CCC(c2ccc(-n3c4ccc(N)cc4c4cc(N)ccc43)cc2)CC1. The fraction of sp³-hybridized carbons (Fsp3) is 0.419. The van der Waals surface area contributed by atoms with Gasteiger partial charge in [0.05, 0.1) is 11.0 Å². The third-order valence-electron chi connectivity index (χ3n) is 8.00. The summed E-state index contributed by atoms with van der Waals surface area (Å²) in [4.78, 5) is 0. The minimum absolute atomic E-state index is 0.711. The van der Waals surface area contributed by atoms with Crippen LogP contribution in [0.3, 0.4) is 0 Å². The molecule has 34 heavy (non-hydrogen) atoms. The van der Waals surface area contributed by atoms with Gasteiger partial charge in [0.1, 0.15) is 0 Å². The average molecular weight is 454 g/mol. The molecular formula is C31H39N3. The van der Waals surface area contributed by atoms with Gasteiger partial charge in [-0.3, -0.25) is 0 Å². The normalized spacial score (nSPS) is 18.6. The van der Waals surface area contributed by atoms with Crippen molar-refractivity contribution in [3.63, 3.8) is 0 Å². The van der Waals surface area contributed by atoms with Gasteiger partial charge in [-0.15, -0.1) is 0 Å². The molecule has 1 aromatic heterocycles. The number of nitrogens with zero attached hydrogens (tertiary/aromatic N) is 1. The maximum atomic E-state index is 6.12.